The molecule has 0 aliphatic rings. The van der Waals surface area contributed by atoms with Gasteiger partial charge in [0.05, 0.1) is 22.8 Å². The maximum Gasteiger partial charge on any atom is 0.159 e. The Bertz CT molecular complexity index is 4340. The third-order valence-corrected chi connectivity index (χ3v) is 15.3. The monoisotopic (exact) mass is 968 g/mol. The van der Waals surface area contributed by atoms with Crippen LogP contribution in [0.25, 0.3) is 93.2 Å². The molecular formula is C71H56N2O2. The summed E-state index contributed by atoms with van der Waals surface area (Å²) in [7, 11) is 0. The smallest absolute Gasteiger partial charge is 0.159 e. The van der Waals surface area contributed by atoms with Crippen LogP contribution >= 0.6 is 0 Å². The van der Waals surface area contributed by atoms with Crippen molar-refractivity contribution in [3.05, 3.63) is 254 Å². The SMILES string of the molecule is C=C/C=C(\c1oc2ccccc2c1C)N(c1cccc(-c2ccccc2)c1)c1cc(C(C)C)c2ccc3c(N(c4cccc(-c5ccccc5)c4)c4cccc5c4oc4ccccc45)cc(C(C)C)c4ccc1c2c43. The van der Waals surface area contributed by atoms with E-state index in [1.54, 1.807) is 0 Å². The van der Waals surface area contributed by atoms with Crippen LogP contribution in [0.1, 0.15) is 62.0 Å². The molecule has 0 aliphatic heterocycles. The number of hydrogen-bond donors (Lipinski definition) is 0. The Kier molecular flexibility index (Phi) is 11.2. The molecule has 13 aromatic rings. The zero-order chi connectivity index (χ0) is 50.9. The third kappa shape index (κ3) is 7.59. The first-order chi connectivity index (χ1) is 36.7. The normalized spacial score (nSPS) is 12.2. The molecule has 75 heavy (non-hydrogen) atoms. The minimum atomic E-state index is 0.192. The molecule has 0 atom stereocenters. The Balaban J connectivity index is 1.14. The minimum absolute atomic E-state index is 0.192. The highest BCUT2D eigenvalue weighted by Gasteiger charge is 2.30. The predicted molar refractivity (Wildman–Crippen MR) is 319 cm³/mol. The molecule has 0 spiro atoms. The fraction of sp³-hybridized carbons (Fsp3) is 0.0986. The number of aryl methyl sites for hydroxylation is 1. The van der Waals surface area contributed by atoms with Crippen molar-refractivity contribution in [2.24, 2.45) is 0 Å². The molecule has 2 heterocycles. The second-order valence-electron chi connectivity index (χ2n) is 20.4. The molecule has 4 heteroatoms. The first-order valence-electron chi connectivity index (χ1n) is 26.2. The number of furan rings is 2. The van der Waals surface area contributed by atoms with Gasteiger partial charge in [-0.05, 0) is 134 Å². The highest BCUT2D eigenvalue weighted by molar-refractivity contribution is 6.30. The summed E-state index contributed by atoms with van der Waals surface area (Å²) in [5.74, 6) is 1.19. The lowest BCUT2D eigenvalue weighted by Crippen LogP contribution is -2.17. The van der Waals surface area contributed by atoms with Crippen molar-refractivity contribution >= 4 is 99.4 Å². The molecule has 2 aromatic heterocycles. The van der Waals surface area contributed by atoms with Crippen molar-refractivity contribution in [1.29, 1.82) is 0 Å². The second-order valence-corrected chi connectivity index (χ2v) is 20.4. The number of allylic oxidation sites excluding steroid dienone is 2. The predicted octanol–water partition coefficient (Wildman–Crippen LogP) is 21.0. The first kappa shape index (κ1) is 45.7. The maximum atomic E-state index is 6.94. The number of fused-ring (bicyclic) bond motifs is 4. The topological polar surface area (TPSA) is 32.8 Å². The van der Waals surface area contributed by atoms with Crippen molar-refractivity contribution < 1.29 is 8.83 Å². The first-order valence-corrected chi connectivity index (χ1v) is 26.2. The molecule has 0 saturated carbocycles. The van der Waals surface area contributed by atoms with Crippen molar-refractivity contribution in [2.45, 2.75) is 46.5 Å². The van der Waals surface area contributed by atoms with E-state index in [1.807, 2.05) is 12.1 Å². The van der Waals surface area contributed by atoms with Crippen LogP contribution in [0.2, 0.25) is 0 Å². The van der Waals surface area contributed by atoms with Gasteiger partial charge in [-0.2, -0.15) is 0 Å². The molecule has 0 unspecified atom stereocenters. The van der Waals surface area contributed by atoms with Gasteiger partial charge in [0.2, 0.25) is 0 Å². The number of nitrogens with zero attached hydrogens (tertiary/aromatic N) is 2. The van der Waals surface area contributed by atoms with Gasteiger partial charge in [-0.25, -0.2) is 0 Å². The Hall–Kier alpha value is -9.12. The Labute approximate surface area is 438 Å². The zero-order valence-electron chi connectivity index (χ0n) is 42.9. The van der Waals surface area contributed by atoms with E-state index < -0.39 is 0 Å². The lowest BCUT2D eigenvalue weighted by atomic mass is 9.84. The number of hydrogen-bond acceptors (Lipinski definition) is 4. The summed E-state index contributed by atoms with van der Waals surface area (Å²) >= 11 is 0. The molecule has 11 aromatic carbocycles. The van der Waals surface area contributed by atoms with Crippen LogP contribution in [0.5, 0.6) is 0 Å². The molecule has 0 fully saturated rings. The van der Waals surface area contributed by atoms with Crippen molar-refractivity contribution in [3.8, 4) is 22.3 Å². The minimum Gasteiger partial charge on any atom is -0.454 e. The molecule has 0 amide bonds. The van der Waals surface area contributed by atoms with E-state index in [-0.39, 0.29) is 11.8 Å². The molecule has 0 saturated heterocycles. The van der Waals surface area contributed by atoms with Gasteiger partial charge in [0.1, 0.15) is 11.2 Å². The largest absolute Gasteiger partial charge is 0.454 e. The van der Waals surface area contributed by atoms with Gasteiger partial charge in [-0.3, -0.25) is 0 Å². The van der Waals surface area contributed by atoms with Crippen LogP contribution in [0.15, 0.2) is 240 Å². The zero-order valence-corrected chi connectivity index (χ0v) is 42.9. The van der Waals surface area contributed by atoms with Crippen LogP contribution in [-0.2, 0) is 0 Å². The van der Waals surface area contributed by atoms with E-state index in [4.69, 9.17) is 8.83 Å². The van der Waals surface area contributed by atoms with Gasteiger partial charge in [-0.1, -0.05) is 198 Å². The Morgan fingerprint density at radius 1 is 0.427 bits per heavy atom. The van der Waals surface area contributed by atoms with E-state index in [2.05, 4.69) is 263 Å². The highest BCUT2D eigenvalue weighted by atomic mass is 16.3. The summed E-state index contributed by atoms with van der Waals surface area (Å²) in [6.07, 6.45) is 4.00. The molecule has 362 valence electrons. The summed E-state index contributed by atoms with van der Waals surface area (Å²) in [6, 6.07) is 76.9. The molecule has 0 aliphatic carbocycles. The number of rotatable bonds is 12. The maximum absolute atomic E-state index is 6.94. The van der Waals surface area contributed by atoms with E-state index in [9.17, 15) is 0 Å². The number of para-hydroxylation sites is 3. The summed E-state index contributed by atoms with van der Waals surface area (Å²) in [4.78, 5) is 4.88. The van der Waals surface area contributed by atoms with Crippen LogP contribution in [0.4, 0.5) is 28.4 Å². The quantitative estimate of drug-likeness (QED) is 0.0902. The molecule has 4 nitrogen and oxygen atoms in total. The Morgan fingerprint density at radius 3 is 1.53 bits per heavy atom. The molecule has 0 N–H and O–H groups in total. The average Bonchev–Trinajstić information content (AvgIpc) is 4.07. The summed E-state index contributed by atoms with van der Waals surface area (Å²) in [5, 5.41) is 10.5. The molecule has 13 rings (SSSR count). The van der Waals surface area contributed by atoms with Crippen LogP contribution in [-0.4, -0.2) is 0 Å². The van der Waals surface area contributed by atoms with Crippen LogP contribution < -0.4 is 9.80 Å². The van der Waals surface area contributed by atoms with Gasteiger partial charge in [0.25, 0.3) is 0 Å². The highest BCUT2D eigenvalue weighted by Crippen LogP contribution is 2.53. The second kappa shape index (κ2) is 18.4. The van der Waals surface area contributed by atoms with Crippen LogP contribution in [0.3, 0.4) is 0 Å². The summed E-state index contributed by atoms with van der Waals surface area (Å²) < 4.78 is 13.9. The van der Waals surface area contributed by atoms with Crippen molar-refractivity contribution in [2.75, 3.05) is 9.80 Å². The Morgan fingerprint density at radius 2 is 0.920 bits per heavy atom. The molecule has 0 bridgehead atoms. The molecular weight excluding hydrogens is 913 g/mol. The van der Waals surface area contributed by atoms with E-state index in [0.717, 1.165) is 111 Å². The van der Waals surface area contributed by atoms with Gasteiger partial charge in [0, 0.05) is 43.9 Å². The van der Waals surface area contributed by atoms with Gasteiger partial charge >= 0.3 is 0 Å². The van der Waals surface area contributed by atoms with Gasteiger partial charge in [0.15, 0.2) is 11.3 Å². The lowest BCUT2D eigenvalue weighted by molar-refractivity contribution is 0.595. The summed E-state index contributed by atoms with van der Waals surface area (Å²) in [5.41, 5.74) is 16.9. The van der Waals surface area contributed by atoms with Crippen LogP contribution in [0, 0.1) is 6.92 Å². The third-order valence-electron chi connectivity index (χ3n) is 15.3. The molecule has 0 radical (unpaired) electrons. The number of anilines is 5. The standard InChI is InChI=1S/C71H56N2O2/c1-7-21-62(70-46(6)53-30-14-16-34-66(53)74-70)72(51-28-18-26-49(40-51)47-22-10-8-11-23-47)64-42-60(44(2)3)55-37-39-59-65(43-61(45(4)5)56-36-38-58(64)68(55)69(56)59)73(52-29-19-27-50(41-52)48-24-12-9-13-25-48)63-33-20-32-57-54-31-15-17-35-67(54)75-71(57)63/h7-45H,1H2,2-6H3/b62-21+. The summed E-state index contributed by atoms with van der Waals surface area (Å²) in [6.45, 7) is 15.8. The van der Waals surface area contributed by atoms with Gasteiger partial charge in [-0.15, -0.1) is 0 Å². The van der Waals surface area contributed by atoms with Crippen molar-refractivity contribution in [3.63, 3.8) is 0 Å². The fourth-order valence-corrected chi connectivity index (χ4v) is 11.8. The van der Waals surface area contributed by atoms with E-state index in [1.165, 1.54) is 32.7 Å². The lowest BCUT2D eigenvalue weighted by Gasteiger charge is -2.32. The van der Waals surface area contributed by atoms with Crippen molar-refractivity contribution in [1.82, 2.24) is 0 Å². The fourth-order valence-electron chi connectivity index (χ4n) is 11.8. The van der Waals surface area contributed by atoms with E-state index >= 15 is 0 Å². The number of benzene rings is 11. The van der Waals surface area contributed by atoms with Gasteiger partial charge < -0.3 is 18.6 Å². The van der Waals surface area contributed by atoms with E-state index in [0.29, 0.717) is 0 Å². The average molecular weight is 969 g/mol.